The van der Waals surface area contributed by atoms with Crippen molar-refractivity contribution >= 4 is 5.91 Å². The fourth-order valence-electron chi connectivity index (χ4n) is 4.49. The quantitative estimate of drug-likeness (QED) is 0.814. The Kier molecular flexibility index (Phi) is 6.02. The van der Waals surface area contributed by atoms with Crippen molar-refractivity contribution in [3.05, 3.63) is 59.7 Å². The van der Waals surface area contributed by atoms with Gasteiger partial charge < -0.3 is 19.5 Å². The summed E-state index contributed by atoms with van der Waals surface area (Å²) in [5, 5.41) is 3.22. The van der Waals surface area contributed by atoms with Gasteiger partial charge in [-0.1, -0.05) is 36.4 Å². The van der Waals surface area contributed by atoms with Crippen LogP contribution in [0.3, 0.4) is 0 Å². The topological polar surface area (TPSA) is 60.0 Å². The summed E-state index contributed by atoms with van der Waals surface area (Å²) in [6.07, 6.45) is 1.75. The molecule has 2 fully saturated rings. The fraction of sp³-hybridized carbons (Fsp3) is 0.435. The number of carbonyl (C=O) groups excluding carboxylic acids is 1. The average molecular weight is 396 g/mol. The van der Waals surface area contributed by atoms with Gasteiger partial charge in [-0.3, -0.25) is 9.69 Å². The summed E-state index contributed by atoms with van der Waals surface area (Å²) in [5.74, 6) is 0.905. The number of benzene rings is 2. The average Bonchev–Trinajstić information content (AvgIpc) is 2.74. The minimum Gasteiger partial charge on any atom is -0.493 e. The van der Waals surface area contributed by atoms with E-state index in [1.54, 1.807) is 32.4 Å². The van der Waals surface area contributed by atoms with Crippen molar-refractivity contribution in [3.8, 4) is 11.5 Å². The van der Waals surface area contributed by atoms with Gasteiger partial charge in [0.15, 0.2) is 11.5 Å². The van der Waals surface area contributed by atoms with Crippen molar-refractivity contribution in [1.82, 2.24) is 10.2 Å². The molecule has 2 aromatic rings. The van der Waals surface area contributed by atoms with Gasteiger partial charge >= 0.3 is 0 Å². The highest BCUT2D eigenvalue weighted by atomic mass is 16.5. The molecule has 2 heterocycles. The highest BCUT2D eigenvalue weighted by Crippen LogP contribution is 2.32. The normalized spacial score (nSPS) is 24.0. The van der Waals surface area contributed by atoms with Gasteiger partial charge in [0.1, 0.15) is 0 Å². The lowest BCUT2D eigenvalue weighted by molar-refractivity contribution is -0.0843. The predicted molar refractivity (Wildman–Crippen MR) is 110 cm³/mol. The van der Waals surface area contributed by atoms with Crippen LogP contribution in [0.25, 0.3) is 0 Å². The SMILES string of the molecule is COc1cccc(C(=O)NC2CC3COCC(C2)N3Cc2ccccc2)c1OC. The number of morpholine rings is 1. The first-order valence-corrected chi connectivity index (χ1v) is 10.1. The molecule has 0 spiro atoms. The third kappa shape index (κ3) is 4.23. The summed E-state index contributed by atoms with van der Waals surface area (Å²) < 4.78 is 16.6. The number of para-hydroxylation sites is 1. The van der Waals surface area contributed by atoms with Gasteiger partial charge in [-0.2, -0.15) is 0 Å². The van der Waals surface area contributed by atoms with Crippen LogP contribution < -0.4 is 14.8 Å². The Hall–Kier alpha value is -2.57. The number of nitrogens with zero attached hydrogens (tertiary/aromatic N) is 1. The number of ether oxygens (including phenoxy) is 3. The van der Waals surface area contributed by atoms with E-state index in [1.807, 2.05) is 6.07 Å². The van der Waals surface area contributed by atoms with Crippen molar-refractivity contribution in [1.29, 1.82) is 0 Å². The largest absolute Gasteiger partial charge is 0.493 e. The van der Waals surface area contributed by atoms with Gasteiger partial charge in [-0.25, -0.2) is 0 Å². The second-order valence-corrected chi connectivity index (χ2v) is 7.69. The lowest BCUT2D eigenvalue weighted by atomic mass is 9.89. The van der Waals surface area contributed by atoms with Crippen molar-refractivity contribution in [2.24, 2.45) is 0 Å². The van der Waals surface area contributed by atoms with Crippen LogP contribution in [0.5, 0.6) is 11.5 Å². The highest BCUT2D eigenvalue weighted by Gasteiger charge is 2.39. The molecule has 2 aliphatic rings. The van der Waals surface area contributed by atoms with Crippen LogP contribution in [0.2, 0.25) is 0 Å². The number of methoxy groups -OCH3 is 2. The summed E-state index contributed by atoms with van der Waals surface area (Å²) in [6.45, 7) is 2.33. The van der Waals surface area contributed by atoms with Gasteiger partial charge in [0, 0.05) is 24.7 Å². The number of hydrogen-bond donors (Lipinski definition) is 1. The maximum atomic E-state index is 13.0. The van der Waals surface area contributed by atoms with Crippen molar-refractivity contribution in [2.75, 3.05) is 27.4 Å². The second-order valence-electron chi connectivity index (χ2n) is 7.69. The molecule has 1 amide bonds. The summed E-state index contributed by atoms with van der Waals surface area (Å²) >= 11 is 0. The molecule has 0 aromatic heterocycles. The number of fused-ring (bicyclic) bond motifs is 2. The highest BCUT2D eigenvalue weighted by molar-refractivity contribution is 5.98. The molecule has 2 aromatic carbocycles. The summed E-state index contributed by atoms with van der Waals surface area (Å²) in [7, 11) is 3.13. The monoisotopic (exact) mass is 396 g/mol. The number of piperidine rings is 1. The van der Waals surface area contributed by atoms with Crippen LogP contribution in [0.4, 0.5) is 0 Å². The Balaban J connectivity index is 1.45. The van der Waals surface area contributed by atoms with Crippen LogP contribution in [0.15, 0.2) is 48.5 Å². The smallest absolute Gasteiger partial charge is 0.255 e. The maximum absolute atomic E-state index is 13.0. The van der Waals surface area contributed by atoms with Crippen LogP contribution in [-0.2, 0) is 11.3 Å². The molecule has 2 saturated heterocycles. The van der Waals surface area contributed by atoms with Crippen LogP contribution in [0, 0.1) is 0 Å². The van der Waals surface area contributed by atoms with Crippen molar-refractivity contribution in [2.45, 2.75) is 37.5 Å². The first-order chi connectivity index (χ1) is 14.2. The minimum atomic E-state index is -0.124. The molecule has 2 atom stereocenters. The van der Waals surface area contributed by atoms with Crippen LogP contribution in [-0.4, -0.2) is 56.4 Å². The standard InChI is InChI=1S/C23H28N2O4/c1-27-21-10-6-9-20(22(21)28-2)23(26)24-17-11-18-14-29-15-19(12-17)25(18)13-16-7-4-3-5-8-16/h3-10,17-19H,11-15H2,1-2H3,(H,24,26). The lowest BCUT2D eigenvalue weighted by Gasteiger charge is -2.48. The zero-order valence-corrected chi connectivity index (χ0v) is 17.0. The van der Waals surface area contributed by atoms with Crippen LogP contribution >= 0.6 is 0 Å². The number of nitrogens with one attached hydrogen (secondary N) is 1. The van der Waals surface area contributed by atoms with E-state index in [0.717, 1.165) is 19.4 Å². The molecule has 2 aliphatic heterocycles. The molecular formula is C23H28N2O4. The van der Waals surface area contributed by atoms with E-state index < -0.39 is 0 Å². The molecule has 0 aliphatic carbocycles. The minimum absolute atomic E-state index is 0.115. The van der Waals surface area contributed by atoms with Crippen LogP contribution in [0.1, 0.15) is 28.8 Å². The first-order valence-electron chi connectivity index (χ1n) is 10.1. The van der Waals surface area contributed by atoms with Crippen molar-refractivity contribution < 1.29 is 19.0 Å². The molecule has 4 rings (SSSR count). The Morgan fingerprint density at radius 3 is 2.41 bits per heavy atom. The molecule has 29 heavy (non-hydrogen) atoms. The van der Waals surface area contributed by atoms with Gasteiger partial charge in [-0.15, -0.1) is 0 Å². The Morgan fingerprint density at radius 1 is 1.03 bits per heavy atom. The molecule has 154 valence electrons. The third-order valence-corrected chi connectivity index (χ3v) is 5.86. The van der Waals surface area contributed by atoms with E-state index in [2.05, 4.69) is 34.5 Å². The summed E-state index contributed by atoms with van der Waals surface area (Å²) in [6, 6.07) is 16.6. The molecule has 2 bridgehead atoms. The molecular weight excluding hydrogens is 368 g/mol. The molecule has 6 heteroatoms. The predicted octanol–water partition coefficient (Wildman–Crippen LogP) is 2.87. The summed E-state index contributed by atoms with van der Waals surface area (Å²) in [5.41, 5.74) is 1.81. The first kappa shape index (κ1) is 19.7. The molecule has 2 unspecified atom stereocenters. The number of rotatable bonds is 6. The van der Waals surface area contributed by atoms with Gasteiger partial charge in [0.2, 0.25) is 0 Å². The molecule has 1 N–H and O–H groups in total. The number of carbonyl (C=O) groups is 1. The van der Waals surface area contributed by atoms with E-state index in [1.165, 1.54) is 5.56 Å². The maximum Gasteiger partial charge on any atom is 0.255 e. The van der Waals surface area contributed by atoms with E-state index in [4.69, 9.17) is 14.2 Å². The van der Waals surface area contributed by atoms with Gasteiger partial charge in [0.05, 0.1) is 33.0 Å². The molecule has 0 saturated carbocycles. The van der Waals surface area contributed by atoms with Gasteiger partial charge in [-0.05, 0) is 30.5 Å². The zero-order valence-electron chi connectivity index (χ0n) is 17.0. The Bertz CT molecular complexity index is 828. The Morgan fingerprint density at radius 2 is 1.76 bits per heavy atom. The summed E-state index contributed by atoms with van der Waals surface area (Å²) in [4.78, 5) is 15.5. The lowest BCUT2D eigenvalue weighted by Crippen LogP contribution is -2.60. The number of amides is 1. The van der Waals surface area contributed by atoms with E-state index in [9.17, 15) is 4.79 Å². The fourth-order valence-corrected chi connectivity index (χ4v) is 4.49. The number of hydrogen-bond acceptors (Lipinski definition) is 5. The van der Waals surface area contributed by atoms with E-state index >= 15 is 0 Å². The van der Waals surface area contributed by atoms with Crippen molar-refractivity contribution in [3.63, 3.8) is 0 Å². The van der Waals surface area contributed by atoms with E-state index in [-0.39, 0.29) is 11.9 Å². The Labute approximate surface area is 171 Å². The third-order valence-electron chi connectivity index (χ3n) is 5.86. The zero-order chi connectivity index (χ0) is 20.2. The molecule has 0 radical (unpaired) electrons. The van der Waals surface area contributed by atoms with E-state index in [0.29, 0.717) is 42.4 Å². The van der Waals surface area contributed by atoms with Gasteiger partial charge in [0.25, 0.3) is 5.91 Å². The molecule has 6 nitrogen and oxygen atoms in total. The second kappa shape index (κ2) is 8.84.